The molecule has 0 bridgehead atoms. The molecule has 0 aromatic heterocycles. The smallest absolute Gasteiger partial charge is 0.0626 e. The van der Waals surface area contributed by atoms with Crippen molar-refractivity contribution in [1.29, 1.82) is 0 Å². The van der Waals surface area contributed by atoms with E-state index in [1.807, 2.05) is 6.92 Å². The molecule has 34 valence electrons. The first-order chi connectivity index (χ1) is 2.84. The van der Waals surface area contributed by atoms with Gasteiger partial charge in [0.25, 0.3) is 0 Å². The molecule has 0 aromatic rings. The Morgan fingerprint density at radius 2 is 2.33 bits per heavy atom. The van der Waals surface area contributed by atoms with E-state index in [2.05, 4.69) is 18.3 Å². The van der Waals surface area contributed by atoms with Gasteiger partial charge in [0.2, 0.25) is 0 Å². The maximum atomic E-state index is 3.14. The third-order valence-corrected chi connectivity index (χ3v) is 1.08. The van der Waals surface area contributed by atoms with Gasteiger partial charge in [-0.2, -0.15) is 0 Å². The fourth-order valence-electron chi connectivity index (χ4n) is 0.542. The Balaban J connectivity index is 2.44. The van der Waals surface area contributed by atoms with Crippen molar-refractivity contribution in [2.24, 2.45) is 0 Å². The first kappa shape index (κ1) is 3.72. The van der Waals surface area contributed by atoms with Crippen molar-refractivity contribution in [2.75, 3.05) is 0 Å². The molecule has 1 atom stereocenters. The highest BCUT2D eigenvalue weighted by atomic mass is 15.1. The van der Waals surface area contributed by atoms with Crippen molar-refractivity contribution in [3.63, 3.8) is 0 Å². The summed E-state index contributed by atoms with van der Waals surface area (Å²) in [5, 5.41) is 3.14. The Kier molecular flexibility index (Phi) is 0.621. The average Bonchev–Trinajstić information content (AvgIpc) is 2.19. The molecule has 1 heteroatoms. The van der Waals surface area contributed by atoms with Crippen molar-refractivity contribution in [3.05, 3.63) is 11.8 Å². The number of hydrogen-bond donors (Lipinski definition) is 1. The van der Waals surface area contributed by atoms with Gasteiger partial charge in [0.15, 0.2) is 0 Å². The minimum Gasteiger partial charge on any atom is -0.379 e. The predicted octanol–water partition coefficient (Wildman–Crippen LogP) is 0.882. The SMILES string of the molecule is C/C=C1/NC1C. The van der Waals surface area contributed by atoms with Gasteiger partial charge < -0.3 is 5.32 Å². The van der Waals surface area contributed by atoms with E-state index in [1.165, 1.54) is 5.70 Å². The Morgan fingerprint density at radius 1 is 1.83 bits per heavy atom. The number of nitrogens with one attached hydrogen (secondary N) is 1. The standard InChI is InChI=1S/C5H9N/c1-3-5-4(2)6-5/h3-4,6H,1-2H3/b5-3+. The van der Waals surface area contributed by atoms with Crippen molar-refractivity contribution in [1.82, 2.24) is 5.32 Å². The van der Waals surface area contributed by atoms with Crippen molar-refractivity contribution in [3.8, 4) is 0 Å². The fraction of sp³-hybridized carbons (Fsp3) is 0.600. The van der Waals surface area contributed by atoms with E-state index >= 15 is 0 Å². The minimum absolute atomic E-state index is 0.676. The summed E-state index contributed by atoms with van der Waals surface area (Å²) in [6.45, 7) is 4.20. The molecule has 0 aromatic carbocycles. The predicted molar refractivity (Wildman–Crippen MR) is 26.4 cm³/mol. The van der Waals surface area contributed by atoms with Crippen LogP contribution in [-0.2, 0) is 0 Å². The van der Waals surface area contributed by atoms with Crippen molar-refractivity contribution >= 4 is 0 Å². The van der Waals surface area contributed by atoms with Crippen LogP contribution in [0.2, 0.25) is 0 Å². The van der Waals surface area contributed by atoms with Gasteiger partial charge in [-0.25, -0.2) is 0 Å². The van der Waals surface area contributed by atoms with Crippen LogP contribution < -0.4 is 5.32 Å². The summed E-state index contributed by atoms with van der Waals surface area (Å²) < 4.78 is 0. The lowest BCUT2D eigenvalue weighted by Gasteiger charge is -1.57. The van der Waals surface area contributed by atoms with E-state index in [0.29, 0.717) is 6.04 Å². The zero-order valence-electron chi connectivity index (χ0n) is 4.15. The molecule has 1 saturated heterocycles. The summed E-state index contributed by atoms with van der Waals surface area (Å²) in [5.74, 6) is 0. The lowest BCUT2D eigenvalue weighted by Crippen LogP contribution is -1.72. The molecule has 6 heavy (non-hydrogen) atoms. The van der Waals surface area contributed by atoms with E-state index in [1.54, 1.807) is 0 Å². The molecule has 0 amide bonds. The Labute approximate surface area is 38.1 Å². The number of hydrogen-bond acceptors (Lipinski definition) is 1. The van der Waals surface area contributed by atoms with Crippen molar-refractivity contribution < 1.29 is 0 Å². The molecule has 1 nitrogen and oxygen atoms in total. The fourth-order valence-corrected chi connectivity index (χ4v) is 0.542. The van der Waals surface area contributed by atoms with Gasteiger partial charge in [0, 0.05) is 5.70 Å². The first-order valence-electron chi connectivity index (χ1n) is 2.27. The van der Waals surface area contributed by atoms with Crippen LogP contribution in [0.1, 0.15) is 13.8 Å². The molecule has 1 rings (SSSR count). The maximum absolute atomic E-state index is 3.14. The number of rotatable bonds is 0. The van der Waals surface area contributed by atoms with Crippen LogP contribution in [0.4, 0.5) is 0 Å². The molecule has 1 heterocycles. The van der Waals surface area contributed by atoms with Crippen LogP contribution in [0.15, 0.2) is 11.8 Å². The quantitative estimate of drug-likeness (QED) is 0.431. The van der Waals surface area contributed by atoms with Crippen LogP contribution in [0.5, 0.6) is 0 Å². The van der Waals surface area contributed by atoms with Crippen LogP contribution in [0, 0.1) is 0 Å². The van der Waals surface area contributed by atoms with Crippen LogP contribution >= 0.6 is 0 Å². The molecule has 0 radical (unpaired) electrons. The van der Waals surface area contributed by atoms with Gasteiger partial charge in [-0.05, 0) is 13.8 Å². The second-order valence-corrected chi connectivity index (χ2v) is 1.61. The van der Waals surface area contributed by atoms with Gasteiger partial charge in [0.05, 0.1) is 6.04 Å². The lowest BCUT2D eigenvalue weighted by molar-refractivity contribution is 1.09. The monoisotopic (exact) mass is 83.1 g/mol. The van der Waals surface area contributed by atoms with Crippen LogP contribution in [0.3, 0.4) is 0 Å². The molecule has 1 N–H and O–H groups in total. The largest absolute Gasteiger partial charge is 0.379 e. The summed E-state index contributed by atoms with van der Waals surface area (Å²) in [4.78, 5) is 0. The normalized spacial score (nSPS) is 36.3. The summed E-state index contributed by atoms with van der Waals surface area (Å²) in [6, 6.07) is 0.676. The second-order valence-electron chi connectivity index (χ2n) is 1.61. The molecule has 1 aliphatic heterocycles. The highest BCUT2D eigenvalue weighted by molar-refractivity contribution is 5.21. The van der Waals surface area contributed by atoms with Crippen LogP contribution in [0.25, 0.3) is 0 Å². The highest BCUT2D eigenvalue weighted by Crippen LogP contribution is 2.12. The topological polar surface area (TPSA) is 21.9 Å². The minimum atomic E-state index is 0.676. The summed E-state index contributed by atoms with van der Waals surface area (Å²) >= 11 is 0. The molecular weight excluding hydrogens is 74.1 g/mol. The van der Waals surface area contributed by atoms with E-state index in [-0.39, 0.29) is 0 Å². The zero-order valence-corrected chi connectivity index (χ0v) is 4.15. The maximum Gasteiger partial charge on any atom is 0.0626 e. The lowest BCUT2D eigenvalue weighted by atomic mass is 10.4. The first-order valence-corrected chi connectivity index (χ1v) is 2.27. The molecule has 1 unspecified atom stereocenters. The van der Waals surface area contributed by atoms with Crippen LogP contribution in [-0.4, -0.2) is 6.04 Å². The number of allylic oxidation sites excluding steroid dienone is 1. The highest BCUT2D eigenvalue weighted by Gasteiger charge is 2.19. The molecule has 0 saturated carbocycles. The Morgan fingerprint density at radius 3 is 2.33 bits per heavy atom. The summed E-state index contributed by atoms with van der Waals surface area (Å²) in [6.07, 6.45) is 2.10. The molecule has 0 aliphatic carbocycles. The van der Waals surface area contributed by atoms with E-state index in [9.17, 15) is 0 Å². The Bertz CT molecular complexity index is 83.9. The van der Waals surface area contributed by atoms with Gasteiger partial charge in [0.1, 0.15) is 0 Å². The summed E-state index contributed by atoms with van der Waals surface area (Å²) in [7, 11) is 0. The van der Waals surface area contributed by atoms with Gasteiger partial charge in [-0.1, -0.05) is 6.08 Å². The molecule has 1 fully saturated rings. The molecule has 1 aliphatic rings. The zero-order chi connectivity index (χ0) is 4.57. The van der Waals surface area contributed by atoms with E-state index in [0.717, 1.165) is 0 Å². The molecule has 0 spiro atoms. The summed E-state index contributed by atoms with van der Waals surface area (Å²) in [5.41, 5.74) is 1.38. The van der Waals surface area contributed by atoms with E-state index in [4.69, 9.17) is 0 Å². The third-order valence-electron chi connectivity index (χ3n) is 1.08. The third kappa shape index (κ3) is 0.402. The van der Waals surface area contributed by atoms with Crippen molar-refractivity contribution in [2.45, 2.75) is 19.9 Å². The Hall–Kier alpha value is -0.460. The van der Waals surface area contributed by atoms with Gasteiger partial charge in [-0.3, -0.25) is 0 Å². The average molecular weight is 83.1 g/mol. The van der Waals surface area contributed by atoms with E-state index < -0.39 is 0 Å². The van der Waals surface area contributed by atoms with Gasteiger partial charge >= 0.3 is 0 Å². The molecular formula is C5H9N. The second kappa shape index (κ2) is 1.00. The van der Waals surface area contributed by atoms with Gasteiger partial charge in [-0.15, -0.1) is 0 Å².